The molecular formula is C13H13NO2. The highest BCUT2D eigenvalue weighted by Crippen LogP contribution is 2.23. The lowest BCUT2D eigenvalue weighted by Crippen LogP contribution is -2.01. The Hall–Kier alpha value is -1.87. The van der Waals surface area contributed by atoms with Crippen molar-refractivity contribution in [2.45, 2.75) is 6.10 Å². The van der Waals surface area contributed by atoms with Crippen molar-refractivity contribution in [3.8, 4) is 5.75 Å². The Kier molecular flexibility index (Phi) is 3.17. The fourth-order valence-electron chi connectivity index (χ4n) is 1.52. The Morgan fingerprint density at radius 3 is 2.75 bits per heavy atom. The molecule has 82 valence electrons. The van der Waals surface area contributed by atoms with Gasteiger partial charge in [0.2, 0.25) is 0 Å². The average Bonchev–Trinajstić information content (AvgIpc) is 2.39. The first-order valence-electron chi connectivity index (χ1n) is 5.04. The minimum Gasteiger partial charge on any atom is -0.497 e. The molecule has 0 saturated carbocycles. The van der Waals surface area contributed by atoms with Crippen LogP contribution < -0.4 is 4.74 Å². The van der Waals surface area contributed by atoms with Crippen LogP contribution in [-0.4, -0.2) is 17.2 Å². The van der Waals surface area contributed by atoms with Gasteiger partial charge in [0.15, 0.2) is 0 Å². The number of benzene rings is 1. The van der Waals surface area contributed by atoms with Crippen LogP contribution in [0.15, 0.2) is 48.7 Å². The zero-order valence-corrected chi connectivity index (χ0v) is 9.00. The van der Waals surface area contributed by atoms with E-state index in [4.69, 9.17) is 4.74 Å². The first-order chi connectivity index (χ1) is 7.81. The second-order valence-electron chi connectivity index (χ2n) is 3.43. The van der Waals surface area contributed by atoms with Gasteiger partial charge in [-0.2, -0.15) is 0 Å². The largest absolute Gasteiger partial charge is 0.497 e. The lowest BCUT2D eigenvalue weighted by atomic mass is 10.1. The van der Waals surface area contributed by atoms with Gasteiger partial charge in [0, 0.05) is 6.20 Å². The van der Waals surface area contributed by atoms with Crippen molar-refractivity contribution >= 4 is 0 Å². The molecule has 0 radical (unpaired) electrons. The Morgan fingerprint density at radius 2 is 2.06 bits per heavy atom. The summed E-state index contributed by atoms with van der Waals surface area (Å²) < 4.78 is 5.11. The van der Waals surface area contributed by atoms with Crippen LogP contribution in [0.25, 0.3) is 0 Å². The molecule has 1 aromatic carbocycles. The van der Waals surface area contributed by atoms with Gasteiger partial charge in [-0.05, 0) is 29.8 Å². The van der Waals surface area contributed by atoms with Gasteiger partial charge in [-0.25, -0.2) is 0 Å². The monoisotopic (exact) mass is 215 g/mol. The maximum Gasteiger partial charge on any atom is 0.121 e. The Labute approximate surface area is 94.3 Å². The molecule has 2 rings (SSSR count). The first-order valence-corrected chi connectivity index (χ1v) is 5.04. The number of aromatic nitrogens is 1. The third-order valence-corrected chi connectivity index (χ3v) is 2.38. The summed E-state index contributed by atoms with van der Waals surface area (Å²) in [5.41, 5.74) is 1.41. The van der Waals surface area contributed by atoms with Gasteiger partial charge in [-0.3, -0.25) is 4.98 Å². The molecule has 0 aliphatic carbocycles. The molecule has 0 unspecified atom stereocenters. The number of methoxy groups -OCH3 is 1. The van der Waals surface area contributed by atoms with E-state index < -0.39 is 6.10 Å². The summed E-state index contributed by atoms with van der Waals surface area (Å²) in [5.74, 6) is 0.729. The quantitative estimate of drug-likeness (QED) is 0.853. The van der Waals surface area contributed by atoms with E-state index >= 15 is 0 Å². The number of hydrogen-bond donors (Lipinski definition) is 1. The highest BCUT2D eigenvalue weighted by Gasteiger charge is 2.11. The van der Waals surface area contributed by atoms with Crippen molar-refractivity contribution in [2.24, 2.45) is 0 Å². The van der Waals surface area contributed by atoms with E-state index in [1.165, 1.54) is 0 Å². The number of rotatable bonds is 3. The normalized spacial score (nSPS) is 12.1. The predicted molar refractivity (Wildman–Crippen MR) is 61.3 cm³/mol. The summed E-state index contributed by atoms with van der Waals surface area (Å²) in [7, 11) is 1.60. The average molecular weight is 215 g/mol. The van der Waals surface area contributed by atoms with E-state index in [9.17, 15) is 5.11 Å². The molecule has 1 atom stereocenters. The smallest absolute Gasteiger partial charge is 0.121 e. The standard InChI is InChI=1S/C13H13NO2/c1-16-11-6-4-5-10(9-11)13(15)12-7-2-3-8-14-12/h2-9,13,15H,1H3/t13-/m0/s1. The van der Waals surface area contributed by atoms with Crippen LogP contribution in [0.1, 0.15) is 17.4 Å². The molecule has 1 heterocycles. The first kappa shape index (κ1) is 10.6. The van der Waals surface area contributed by atoms with Gasteiger partial charge < -0.3 is 9.84 Å². The Morgan fingerprint density at radius 1 is 1.19 bits per heavy atom. The number of aliphatic hydroxyl groups is 1. The van der Waals surface area contributed by atoms with E-state index in [-0.39, 0.29) is 0 Å². The van der Waals surface area contributed by atoms with Crippen molar-refractivity contribution in [2.75, 3.05) is 7.11 Å². The van der Waals surface area contributed by atoms with Crippen molar-refractivity contribution in [3.05, 3.63) is 59.9 Å². The van der Waals surface area contributed by atoms with Crippen LogP contribution in [-0.2, 0) is 0 Å². The fraction of sp³-hybridized carbons (Fsp3) is 0.154. The van der Waals surface area contributed by atoms with Crippen molar-refractivity contribution in [1.82, 2.24) is 4.98 Å². The van der Waals surface area contributed by atoms with Gasteiger partial charge in [0.25, 0.3) is 0 Å². The Bertz CT molecular complexity index is 456. The maximum atomic E-state index is 10.1. The zero-order valence-electron chi connectivity index (χ0n) is 9.00. The molecule has 2 aromatic rings. The Balaban J connectivity index is 2.30. The van der Waals surface area contributed by atoms with Crippen molar-refractivity contribution in [1.29, 1.82) is 0 Å². The van der Waals surface area contributed by atoms with Gasteiger partial charge >= 0.3 is 0 Å². The highest BCUT2D eigenvalue weighted by atomic mass is 16.5. The van der Waals surface area contributed by atoms with Gasteiger partial charge in [0.05, 0.1) is 12.8 Å². The summed E-state index contributed by atoms with van der Waals surface area (Å²) in [6.45, 7) is 0. The number of pyridine rings is 1. The summed E-state index contributed by atoms with van der Waals surface area (Å²) in [4.78, 5) is 4.12. The summed E-state index contributed by atoms with van der Waals surface area (Å²) in [6, 6.07) is 12.8. The minimum atomic E-state index is -0.712. The van der Waals surface area contributed by atoms with E-state index in [2.05, 4.69) is 4.98 Å². The molecule has 0 bridgehead atoms. The lowest BCUT2D eigenvalue weighted by Gasteiger charge is -2.11. The van der Waals surface area contributed by atoms with Crippen LogP contribution in [0.5, 0.6) is 5.75 Å². The van der Waals surface area contributed by atoms with E-state index in [1.54, 1.807) is 25.4 Å². The van der Waals surface area contributed by atoms with Gasteiger partial charge in [0.1, 0.15) is 11.9 Å². The molecule has 0 aliphatic heterocycles. The van der Waals surface area contributed by atoms with E-state index in [1.807, 2.05) is 30.3 Å². The van der Waals surface area contributed by atoms with Crippen molar-refractivity contribution in [3.63, 3.8) is 0 Å². The van der Waals surface area contributed by atoms with Crippen LogP contribution >= 0.6 is 0 Å². The minimum absolute atomic E-state index is 0.635. The van der Waals surface area contributed by atoms with Gasteiger partial charge in [-0.1, -0.05) is 18.2 Å². The summed E-state index contributed by atoms with van der Waals surface area (Å²) in [5, 5.41) is 10.1. The molecule has 0 amide bonds. The third kappa shape index (κ3) is 2.20. The van der Waals surface area contributed by atoms with Gasteiger partial charge in [-0.15, -0.1) is 0 Å². The predicted octanol–water partition coefficient (Wildman–Crippen LogP) is 2.17. The summed E-state index contributed by atoms with van der Waals surface area (Å²) >= 11 is 0. The molecule has 0 saturated heterocycles. The number of hydrogen-bond acceptors (Lipinski definition) is 3. The van der Waals surface area contributed by atoms with Crippen LogP contribution in [0.3, 0.4) is 0 Å². The molecule has 0 aliphatic rings. The molecule has 0 fully saturated rings. The van der Waals surface area contributed by atoms with Crippen LogP contribution in [0, 0.1) is 0 Å². The number of aliphatic hydroxyl groups excluding tert-OH is 1. The van der Waals surface area contributed by atoms with E-state index in [0.717, 1.165) is 11.3 Å². The number of nitrogens with zero attached hydrogens (tertiary/aromatic N) is 1. The molecule has 3 heteroatoms. The molecule has 0 spiro atoms. The third-order valence-electron chi connectivity index (χ3n) is 2.38. The molecule has 1 aromatic heterocycles. The van der Waals surface area contributed by atoms with Crippen molar-refractivity contribution < 1.29 is 9.84 Å². The topological polar surface area (TPSA) is 42.4 Å². The van der Waals surface area contributed by atoms with Crippen LogP contribution in [0.4, 0.5) is 0 Å². The maximum absolute atomic E-state index is 10.1. The molecule has 3 nitrogen and oxygen atoms in total. The van der Waals surface area contributed by atoms with E-state index in [0.29, 0.717) is 5.69 Å². The zero-order chi connectivity index (χ0) is 11.4. The summed E-state index contributed by atoms with van der Waals surface area (Å²) in [6.07, 6.45) is 0.954. The molecule has 16 heavy (non-hydrogen) atoms. The lowest BCUT2D eigenvalue weighted by molar-refractivity contribution is 0.215. The second kappa shape index (κ2) is 4.77. The SMILES string of the molecule is COc1cccc([C@H](O)c2ccccn2)c1. The number of ether oxygens (including phenoxy) is 1. The molecule has 1 N–H and O–H groups in total. The van der Waals surface area contributed by atoms with Crippen LogP contribution in [0.2, 0.25) is 0 Å². The highest BCUT2D eigenvalue weighted by molar-refractivity contribution is 5.33. The second-order valence-corrected chi connectivity index (χ2v) is 3.43. The molecular weight excluding hydrogens is 202 g/mol. The fourth-order valence-corrected chi connectivity index (χ4v) is 1.52.